The molecule has 1 unspecified atom stereocenters. The first-order valence-electron chi connectivity index (χ1n) is 10.8. The van der Waals surface area contributed by atoms with Gasteiger partial charge < -0.3 is 15.5 Å². The Morgan fingerprint density at radius 3 is 2.55 bits per heavy atom. The topological polar surface area (TPSA) is 61.4 Å². The molecular weight excluding hydrogens is 433 g/mol. The van der Waals surface area contributed by atoms with Crippen molar-refractivity contribution < 1.29 is 9.59 Å². The van der Waals surface area contributed by atoms with Gasteiger partial charge in [0.15, 0.2) is 0 Å². The van der Waals surface area contributed by atoms with E-state index >= 15 is 0 Å². The van der Waals surface area contributed by atoms with Crippen LogP contribution in [0.4, 0.5) is 11.4 Å². The lowest BCUT2D eigenvalue weighted by Gasteiger charge is -2.35. The second-order valence-corrected chi connectivity index (χ2v) is 8.84. The summed E-state index contributed by atoms with van der Waals surface area (Å²) >= 11 is 12.1. The second kappa shape index (κ2) is 11.4. The average molecular weight is 462 g/mol. The Hall–Kier alpha value is -2.24. The van der Waals surface area contributed by atoms with Crippen LogP contribution < -0.4 is 15.5 Å². The zero-order valence-corrected chi connectivity index (χ0v) is 19.3. The largest absolute Gasteiger partial charge is 0.361 e. The smallest absolute Gasteiger partial charge is 0.243 e. The lowest BCUT2D eigenvalue weighted by Crippen LogP contribution is -2.46. The van der Waals surface area contributed by atoms with Gasteiger partial charge in [0.25, 0.3) is 0 Å². The summed E-state index contributed by atoms with van der Waals surface area (Å²) in [7, 11) is 0. The van der Waals surface area contributed by atoms with Crippen molar-refractivity contribution in [1.82, 2.24) is 5.32 Å². The van der Waals surface area contributed by atoms with Gasteiger partial charge in [-0.05, 0) is 42.7 Å². The Morgan fingerprint density at radius 1 is 1.06 bits per heavy atom. The molecule has 2 aromatic carbocycles. The minimum Gasteiger partial charge on any atom is -0.361 e. The molecule has 0 radical (unpaired) electrons. The van der Waals surface area contributed by atoms with E-state index in [0.29, 0.717) is 35.2 Å². The highest BCUT2D eigenvalue weighted by atomic mass is 35.5. The Balaban J connectivity index is 1.64. The van der Waals surface area contributed by atoms with Crippen molar-refractivity contribution >= 4 is 46.4 Å². The number of amides is 2. The Labute approximate surface area is 194 Å². The number of benzene rings is 2. The molecule has 0 saturated carbocycles. The van der Waals surface area contributed by atoms with Crippen molar-refractivity contribution in [2.75, 3.05) is 29.9 Å². The fraction of sp³-hybridized carbons (Fsp3) is 0.417. The number of carbonyl (C=O) groups excluding carboxylic acids is 2. The first-order chi connectivity index (χ1) is 15.0. The van der Waals surface area contributed by atoms with E-state index in [4.69, 9.17) is 23.2 Å². The van der Waals surface area contributed by atoms with Gasteiger partial charge in [-0.2, -0.15) is 0 Å². The fourth-order valence-corrected chi connectivity index (χ4v) is 4.45. The molecule has 2 amide bonds. The van der Waals surface area contributed by atoms with E-state index in [0.717, 1.165) is 24.1 Å². The van der Waals surface area contributed by atoms with Gasteiger partial charge in [0.2, 0.25) is 11.8 Å². The maximum Gasteiger partial charge on any atom is 0.243 e. The SMILES string of the molecule is CCCCCCNC(=O)C1Cc2ccccc2N(CC(=O)Nc2cc(Cl)cc(Cl)c2)C1. The van der Waals surface area contributed by atoms with Gasteiger partial charge in [-0.3, -0.25) is 9.59 Å². The van der Waals surface area contributed by atoms with E-state index in [2.05, 4.69) is 17.6 Å². The van der Waals surface area contributed by atoms with Crippen LogP contribution in [-0.4, -0.2) is 31.4 Å². The third-order valence-corrected chi connectivity index (χ3v) is 5.86. The maximum atomic E-state index is 12.8. The summed E-state index contributed by atoms with van der Waals surface area (Å²) in [6.07, 6.45) is 5.17. The molecule has 1 aliphatic rings. The zero-order valence-electron chi connectivity index (χ0n) is 17.8. The van der Waals surface area contributed by atoms with Gasteiger partial charge in [0, 0.05) is 34.5 Å². The number of nitrogens with one attached hydrogen (secondary N) is 2. The van der Waals surface area contributed by atoms with Gasteiger partial charge in [-0.1, -0.05) is 67.6 Å². The number of unbranched alkanes of at least 4 members (excludes halogenated alkanes) is 3. The molecule has 0 spiro atoms. The molecule has 166 valence electrons. The van der Waals surface area contributed by atoms with Crippen LogP contribution in [0.2, 0.25) is 10.0 Å². The van der Waals surface area contributed by atoms with E-state index < -0.39 is 0 Å². The van der Waals surface area contributed by atoms with Crippen LogP contribution in [-0.2, 0) is 16.0 Å². The van der Waals surface area contributed by atoms with Crippen LogP contribution in [0.1, 0.15) is 38.2 Å². The van der Waals surface area contributed by atoms with Crippen LogP contribution in [0.15, 0.2) is 42.5 Å². The molecule has 1 heterocycles. The van der Waals surface area contributed by atoms with Crippen molar-refractivity contribution in [1.29, 1.82) is 0 Å². The third kappa shape index (κ3) is 6.88. The quantitative estimate of drug-likeness (QED) is 0.497. The summed E-state index contributed by atoms with van der Waals surface area (Å²) in [5, 5.41) is 6.84. The van der Waals surface area contributed by atoms with E-state index in [1.807, 2.05) is 29.2 Å². The molecule has 0 bridgehead atoms. The van der Waals surface area contributed by atoms with Gasteiger partial charge >= 0.3 is 0 Å². The first-order valence-corrected chi connectivity index (χ1v) is 11.6. The predicted octanol–water partition coefficient (Wildman–Crippen LogP) is 5.31. The summed E-state index contributed by atoms with van der Waals surface area (Å²) in [5.74, 6) is -0.318. The van der Waals surface area contributed by atoms with E-state index in [1.54, 1.807) is 18.2 Å². The van der Waals surface area contributed by atoms with E-state index in [1.165, 1.54) is 12.8 Å². The van der Waals surface area contributed by atoms with Crippen LogP contribution >= 0.6 is 23.2 Å². The number of hydrogen-bond donors (Lipinski definition) is 2. The molecule has 2 N–H and O–H groups in total. The summed E-state index contributed by atoms with van der Waals surface area (Å²) < 4.78 is 0. The van der Waals surface area contributed by atoms with Crippen molar-refractivity contribution in [2.24, 2.45) is 5.92 Å². The van der Waals surface area contributed by atoms with Crippen LogP contribution in [0.3, 0.4) is 0 Å². The fourth-order valence-electron chi connectivity index (χ4n) is 3.92. The van der Waals surface area contributed by atoms with Crippen LogP contribution in [0.5, 0.6) is 0 Å². The summed E-state index contributed by atoms with van der Waals surface area (Å²) in [5.41, 5.74) is 2.63. The number of halogens is 2. The first kappa shape index (κ1) is 23.4. The lowest BCUT2D eigenvalue weighted by molar-refractivity contribution is -0.125. The number of para-hydroxylation sites is 1. The highest BCUT2D eigenvalue weighted by Gasteiger charge is 2.29. The molecule has 0 aliphatic carbocycles. The number of rotatable bonds is 9. The number of hydrogen-bond acceptors (Lipinski definition) is 3. The van der Waals surface area contributed by atoms with Crippen molar-refractivity contribution in [3.63, 3.8) is 0 Å². The Bertz CT molecular complexity index is 899. The van der Waals surface area contributed by atoms with Gasteiger partial charge in [-0.25, -0.2) is 0 Å². The average Bonchev–Trinajstić information content (AvgIpc) is 2.72. The molecule has 0 aromatic heterocycles. The molecule has 2 aromatic rings. The Kier molecular flexibility index (Phi) is 8.61. The monoisotopic (exact) mass is 461 g/mol. The minimum atomic E-state index is -0.186. The molecule has 5 nitrogen and oxygen atoms in total. The summed E-state index contributed by atoms with van der Waals surface area (Å²) in [6, 6.07) is 12.9. The molecule has 1 aliphatic heterocycles. The maximum absolute atomic E-state index is 12.8. The van der Waals surface area contributed by atoms with Crippen LogP contribution in [0.25, 0.3) is 0 Å². The molecule has 1 atom stereocenters. The molecule has 0 fully saturated rings. The van der Waals surface area contributed by atoms with E-state index in [-0.39, 0.29) is 24.3 Å². The van der Waals surface area contributed by atoms with Gasteiger partial charge in [0.05, 0.1) is 12.5 Å². The zero-order chi connectivity index (χ0) is 22.2. The number of fused-ring (bicyclic) bond motifs is 1. The standard InChI is InChI=1S/C24H29Cl2N3O2/c1-2-3-4-7-10-27-24(31)18-11-17-8-5-6-9-22(17)29(15-18)16-23(30)28-21-13-19(25)12-20(26)14-21/h5-6,8-9,12-14,18H,2-4,7,10-11,15-16H2,1H3,(H,27,31)(H,28,30). The summed E-state index contributed by atoms with van der Waals surface area (Å²) in [6.45, 7) is 3.51. The van der Waals surface area contributed by atoms with Gasteiger partial charge in [0.1, 0.15) is 0 Å². The summed E-state index contributed by atoms with van der Waals surface area (Å²) in [4.78, 5) is 27.5. The molecule has 3 rings (SSSR count). The molecule has 31 heavy (non-hydrogen) atoms. The predicted molar refractivity (Wildman–Crippen MR) is 128 cm³/mol. The third-order valence-electron chi connectivity index (χ3n) is 5.42. The molecule has 0 saturated heterocycles. The number of nitrogens with zero attached hydrogens (tertiary/aromatic N) is 1. The normalized spacial score (nSPS) is 15.3. The highest BCUT2D eigenvalue weighted by molar-refractivity contribution is 6.35. The Morgan fingerprint density at radius 2 is 1.81 bits per heavy atom. The number of anilines is 2. The van der Waals surface area contributed by atoms with Crippen molar-refractivity contribution in [2.45, 2.75) is 39.0 Å². The molecular formula is C24H29Cl2N3O2. The van der Waals surface area contributed by atoms with Gasteiger partial charge in [-0.15, -0.1) is 0 Å². The minimum absolute atomic E-state index is 0.0537. The van der Waals surface area contributed by atoms with E-state index in [9.17, 15) is 9.59 Å². The molecule has 7 heteroatoms. The van der Waals surface area contributed by atoms with Crippen LogP contribution in [0, 0.1) is 5.92 Å². The number of carbonyl (C=O) groups is 2. The lowest BCUT2D eigenvalue weighted by atomic mass is 9.91. The second-order valence-electron chi connectivity index (χ2n) is 7.97. The van der Waals surface area contributed by atoms with Crippen molar-refractivity contribution in [3.05, 3.63) is 58.1 Å². The van der Waals surface area contributed by atoms with Crippen molar-refractivity contribution in [3.8, 4) is 0 Å². The highest BCUT2D eigenvalue weighted by Crippen LogP contribution is 2.30.